The molecule has 0 fully saturated rings. The van der Waals surface area contributed by atoms with Gasteiger partial charge in [-0.2, -0.15) is 0 Å². The number of hydrogen-bond acceptors (Lipinski definition) is 4. The standard InChI is InChI=1S/C14H9ClN4O2/c15-12-6-9(3-4-11(12)14(20)21)13-8-19(18-17-13)10-2-1-5-16-7-10/h1-8H,(H,20,21). The molecule has 0 atom stereocenters. The summed E-state index contributed by atoms with van der Waals surface area (Å²) in [6.07, 6.45) is 5.06. The fourth-order valence-electron chi connectivity index (χ4n) is 1.86. The molecule has 7 heteroatoms. The minimum atomic E-state index is -1.06. The molecule has 0 spiro atoms. The number of carboxylic acid groups (broad SMARTS) is 1. The van der Waals surface area contributed by atoms with Gasteiger partial charge in [0.05, 0.1) is 28.7 Å². The molecule has 1 N–H and O–H groups in total. The average molecular weight is 301 g/mol. The van der Waals surface area contributed by atoms with Gasteiger partial charge in [0.25, 0.3) is 0 Å². The summed E-state index contributed by atoms with van der Waals surface area (Å²) < 4.78 is 1.58. The summed E-state index contributed by atoms with van der Waals surface area (Å²) in [6.45, 7) is 0. The van der Waals surface area contributed by atoms with Crippen molar-refractivity contribution >= 4 is 17.6 Å². The van der Waals surface area contributed by atoms with Crippen LogP contribution in [0.3, 0.4) is 0 Å². The summed E-state index contributed by atoms with van der Waals surface area (Å²) in [5.74, 6) is -1.06. The fourth-order valence-corrected chi connectivity index (χ4v) is 2.12. The van der Waals surface area contributed by atoms with Crippen LogP contribution < -0.4 is 0 Å². The highest BCUT2D eigenvalue weighted by Gasteiger charge is 2.11. The molecular weight excluding hydrogens is 292 g/mol. The van der Waals surface area contributed by atoms with Crippen molar-refractivity contribution in [2.75, 3.05) is 0 Å². The largest absolute Gasteiger partial charge is 0.478 e. The zero-order chi connectivity index (χ0) is 14.8. The molecule has 0 bridgehead atoms. The first kappa shape index (κ1) is 13.3. The molecular formula is C14H9ClN4O2. The third kappa shape index (κ3) is 2.61. The van der Waals surface area contributed by atoms with E-state index in [0.29, 0.717) is 11.3 Å². The first-order valence-corrected chi connectivity index (χ1v) is 6.39. The summed E-state index contributed by atoms with van der Waals surface area (Å²) in [7, 11) is 0. The molecule has 3 aromatic rings. The van der Waals surface area contributed by atoms with E-state index in [1.54, 1.807) is 41.5 Å². The van der Waals surface area contributed by atoms with Crippen molar-refractivity contribution in [3.05, 3.63) is 59.5 Å². The van der Waals surface area contributed by atoms with Gasteiger partial charge in [0.1, 0.15) is 5.69 Å². The zero-order valence-electron chi connectivity index (χ0n) is 10.6. The van der Waals surface area contributed by atoms with Crippen molar-refractivity contribution in [3.8, 4) is 16.9 Å². The maximum absolute atomic E-state index is 10.9. The number of carboxylic acids is 1. The SMILES string of the molecule is O=C(O)c1ccc(-c2cn(-c3cccnc3)nn2)cc1Cl. The van der Waals surface area contributed by atoms with Crippen molar-refractivity contribution in [1.29, 1.82) is 0 Å². The van der Waals surface area contributed by atoms with Gasteiger partial charge in [-0.1, -0.05) is 22.9 Å². The summed E-state index contributed by atoms with van der Waals surface area (Å²) in [5.41, 5.74) is 2.13. The lowest BCUT2D eigenvalue weighted by molar-refractivity contribution is 0.0697. The van der Waals surface area contributed by atoms with Gasteiger partial charge < -0.3 is 5.11 Å². The maximum atomic E-state index is 10.9. The lowest BCUT2D eigenvalue weighted by Gasteiger charge is -2.01. The molecule has 0 amide bonds. The topological polar surface area (TPSA) is 80.9 Å². The Hall–Kier alpha value is -2.73. The Bertz CT molecular complexity index is 802. The van der Waals surface area contributed by atoms with E-state index in [9.17, 15) is 4.79 Å². The van der Waals surface area contributed by atoms with Gasteiger partial charge in [0, 0.05) is 11.8 Å². The number of benzene rings is 1. The Morgan fingerprint density at radius 1 is 1.29 bits per heavy atom. The number of aromatic nitrogens is 4. The van der Waals surface area contributed by atoms with Crippen molar-refractivity contribution < 1.29 is 9.90 Å². The molecule has 2 aromatic heterocycles. The Morgan fingerprint density at radius 3 is 2.81 bits per heavy atom. The fraction of sp³-hybridized carbons (Fsp3) is 0. The quantitative estimate of drug-likeness (QED) is 0.804. The molecule has 6 nitrogen and oxygen atoms in total. The summed E-state index contributed by atoms with van der Waals surface area (Å²) in [4.78, 5) is 14.9. The Kier molecular flexibility index (Phi) is 3.37. The number of carbonyl (C=O) groups is 1. The molecule has 0 unspecified atom stereocenters. The number of pyridine rings is 1. The highest BCUT2D eigenvalue weighted by molar-refractivity contribution is 6.33. The smallest absolute Gasteiger partial charge is 0.337 e. The average Bonchev–Trinajstić information content (AvgIpc) is 2.97. The molecule has 3 rings (SSSR count). The minimum absolute atomic E-state index is 0.0556. The summed E-state index contributed by atoms with van der Waals surface area (Å²) in [5, 5.41) is 17.2. The van der Waals surface area contributed by atoms with Crippen LogP contribution in [-0.2, 0) is 0 Å². The van der Waals surface area contributed by atoms with E-state index >= 15 is 0 Å². The van der Waals surface area contributed by atoms with Gasteiger partial charge in [0.15, 0.2) is 0 Å². The lowest BCUT2D eigenvalue weighted by Crippen LogP contribution is -1.97. The van der Waals surface area contributed by atoms with Gasteiger partial charge in [-0.3, -0.25) is 4.98 Å². The van der Waals surface area contributed by atoms with Crippen LogP contribution in [0.5, 0.6) is 0 Å². The third-order valence-corrected chi connectivity index (χ3v) is 3.21. The molecule has 0 radical (unpaired) electrons. The van der Waals surface area contributed by atoms with E-state index in [2.05, 4.69) is 15.3 Å². The highest BCUT2D eigenvalue weighted by Crippen LogP contribution is 2.24. The van der Waals surface area contributed by atoms with E-state index in [4.69, 9.17) is 16.7 Å². The number of hydrogen-bond donors (Lipinski definition) is 1. The molecule has 1 aromatic carbocycles. The van der Waals surface area contributed by atoms with Crippen LogP contribution in [0.15, 0.2) is 48.9 Å². The molecule has 0 aliphatic carbocycles. The van der Waals surface area contributed by atoms with Crippen molar-refractivity contribution in [2.24, 2.45) is 0 Å². The Labute approximate surface area is 124 Å². The van der Waals surface area contributed by atoms with Crippen LogP contribution in [0.2, 0.25) is 5.02 Å². The minimum Gasteiger partial charge on any atom is -0.478 e. The Balaban J connectivity index is 1.97. The number of nitrogens with zero attached hydrogens (tertiary/aromatic N) is 4. The van der Waals surface area contributed by atoms with Gasteiger partial charge in [0.2, 0.25) is 0 Å². The van der Waals surface area contributed by atoms with Gasteiger partial charge in [-0.05, 0) is 24.3 Å². The van der Waals surface area contributed by atoms with Crippen molar-refractivity contribution in [2.45, 2.75) is 0 Å². The van der Waals surface area contributed by atoms with Crippen LogP contribution in [0, 0.1) is 0 Å². The predicted molar refractivity (Wildman–Crippen MR) is 76.6 cm³/mol. The molecule has 21 heavy (non-hydrogen) atoms. The highest BCUT2D eigenvalue weighted by atomic mass is 35.5. The second-order valence-electron chi connectivity index (χ2n) is 4.26. The summed E-state index contributed by atoms with van der Waals surface area (Å²) >= 11 is 5.95. The van der Waals surface area contributed by atoms with Crippen molar-refractivity contribution in [1.82, 2.24) is 20.0 Å². The van der Waals surface area contributed by atoms with Crippen molar-refractivity contribution in [3.63, 3.8) is 0 Å². The molecule has 2 heterocycles. The van der Waals surface area contributed by atoms with E-state index in [1.165, 1.54) is 6.07 Å². The van der Waals surface area contributed by atoms with Crippen LogP contribution in [0.1, 0.15) is 10.4 Å². The van der Waals surface area contributed by atoms with Crippen LogP contribution in [-0.4, -0.2) is 31.1 Å². The Morgan fingerprint density at radius 2 is 2.14 bits per heavy atom. The van der Waals surface area contributed by atoms with E-state index in [-0.39, 0.29) is 10.6 Å². The van der Waals surface area contributed by atoms with E-state index in [1.807, 2.05) is 6.07 Å². The second kappa shape index (κ2) is 5.34. The van der Waals surface area contributed by atoms with Gasteiger partial charge in [-0.15, -0.1) is 5.10 Å². The normalized spacial score (nSPS) is 10.5. The number of halogens is 1. The van der Waals surface area contributed by atoms with Gasteiger partial charge in [-0.25, -0.2) is 9.48 Å². The molecule has 0 aliphatic heterocycles. The summed E-state index contributed by atoms with van der Waals surface area (Å²) in [6, 6.07) is 8.31. The van der Waals surface area contributed by atoms with Gasteiger partial charge >= 0.3 is 5.97 Å². The second-order valence-corrected chi connectivity index (χ2v) is 4.67. The first-order valence-electron chi connectivity index (χ1n) is 6.01. The third-order valence-electron chi connectivity index (χ3n) is 2.90. The van der Waals surface area contributed by atoms with Crippen LogP contribution in [0.25, 0.3) is 16.9 Å². The van der Waals surface area contributed by atoms with Crippen LogP contribution in [0.4, 0.5) is 0 Å². The number of aromatic carboxylic acids is 1. The first-order chi connectivity index (χ1) is 10.1. The monoisotopic (exact) mass is 300 g/mol. The number of rotatable bonds is 3. The molecule has 0 saturated carbocycles. The molecule has 0 aliphatic rings. The lowest BCUT2D eigenvalue weighted by atomic mass is 10.1. The van der Waals surface area contributed by atoms with E-state index in [0.717, 1.165) is 5.69 Å². The van der Waals surface area contributed by atoms with E-state index < -0.39 is 5.97 Å². The maximum Gasteiger partial charge on any atom is 0.337 e. The molecule has 0 saturated heterocycles. The predicted octanol–water partition coefficient (Wildman–Crippen LogP) is 2.68. The zero-order valence-corrected chi connectivity index (χ0v) is 11.4. The molecule has 104 valence electrons. The van der Waals surface area contributed by atoms with Crippen LogP contribution >= 0.6 is 11.6 Å².